The van der Waals surface area contributed by atoms with Crippen LogP contribution in [0.4, 0.5) is 0 Å². The van der Waals surface area contributed by atoms with Crippen LogP contribution in [0.15, 0.2) is 86.0 Å². The van der Waals surface area contributed by atoms with Crippen molar-refractivity contribution in [1.82, 2.24) is 0 Å². The van der Waals surface area contributed by atoms with E-state index in [1.54, 1.807) is 0 Å². The Kier molecular flexibility index (Phi) is 10.8. The highest BCUT2D eigenvalue weighted by Crippen LogP contribution is 2.43. The Morgan fingerprint density at radius 3 is 1.85 bits per heavy atom. The van der Waals surface area contributed by atoms with Crippen molar-refractivity contribution in [2.45, 2.75) is 110 Å². The van der Waals surface area contributed by atoms with Crippen LogP contribution in [0.2, 0.25) is 5.04 Å². The second kappa shape index (κ2) is 13.5. The van der Waals surface area contributed by atoms with Gasteiger partial charge in [-0.2, -0.15) is 0 Å². The van der Waals surface area contributed by atoms with Crippen LogP contribution in [-0.4, -0.2) is 26.0 Å². The summed E-state index contributed by atoms with van der Waals surface area (Å²) in [4.78, 5) is 13.5. The van der Waals surface area contributed by atoms with Crippen LogP contribution < -0.4 is 10.4 Å². The molecule has 3 nitrogen and oxygen atoms in total. The summed E-state index contributed by atoms with van der Waals surface area (Å²) in [6.45, 7) is 20.8. The molecular formula is C36H52O3Si. The number of hydrogen-bond acceptors (Lipinski definition) is 3. The summed E-state index contributed by atoms with van der Waals surface area (Å²) in [7, 11) is -2.60. The summed E-state index contributed by atoms with van der Waals surface area (Å²) in [6.07, 6.45) is 11.3. The van der Waals surface area contributed by atoms with Crippen LogP contribution in [-0.2, 0) is 14.0 Å². The van der Waals surface area contributed by atoms with Gasteiger partial charge in [-0.15, -0.1) is 13.2 Å². The Morgan fingerprint density at radius 2 is 1.40 bits per heavy atom. The number of ether oxygens (including phenoxy) is 1. The molecule has 0 spiro atoms. The van der Waals surface area contributed by atoms with Gasteiger partial charge in [-0.05, 0) is 80.6 Å². The van der Waals surface area contributed by atoms with Gasteiger partial charge in [0.05, 0.1) is 5.41 Å². The zero-order valence-electron chi connectivity index (χ0n) is 25.9. The molecule has 2 atom stereocenters. The van der Waals surface area contributed by atoms with Crippen molar-refractivity contribution in [3.8, 4) is 0 Å². The van der Waals surface area contributed by atoms with E-state index in [0.29, 0.717) is 18.8 Å². The summed E-state index contributed by atoms with van der Waals surface area (Å²) in [5, 5.41) is 2.62. The van der Waals surface area contributed by atoms with Crippen molar-refractivity contribution in [2.24, 2.45) is 11.3 Å². The minimum atomic E-state index is -2.60. The predicted molar refractivity (Wildman–Crippen MR) is 172 cm³/mol. The predicted octanol–water partition coefficient (Wildman–Crippen LogP) is 8.38. The monoisotopic (exact) mass is 560 g/mol. The van der Waals surface area contributed by atoms with Gasteiger partial charge in [0.15, 0.2) is 0 Å². The van der Waals surface area contributed by atoms with Crippen LogP contribution in [0.3, 0.4) is 0 Å². The summed E-state index contributed by atoms with van der Waals surface area (Å²) in [5.41, 5.74) is -1.13. The molecule has 0 amide bonds. The van der Waals surface area contributed by atoms with Crippen molar-refractivity contribution in [3.05, 3.63) is 86.0 Å². The average molecular weight is 561 g/mol. The molecule has 0 heterocycles. The summed E-state index contributed by atoms with van der Waals surface area (Å²) >= 11 is 0. The fourth-order valence-corrected chi connectivity index (χ4v) is 11.3. The molecule has 0 bridgehead atoms. The number of esters is 1. The lowest BCUT2D eigenvalue weighted by Gasteiger charge is -2.46. The van der Waals surface area contributed by atoms with E-state index in [1.807, 2.05) is 32.9 Å². The minimum absolute atomic E-state index is 0.0392. The van der Waals surface area contributed by atoms with Gasteiger partial charge < -0.3 is 9.16 Å². The van der Waals surface area contributed by atoms with Crippen molar-refractivity contribution >= 4 is 24.7 Å². The largest absolute Gasteiger partial charge is 0.460 e. The van der Waals surface area contributed by atoms with Crippen LogP contribution in [0.1, 0.15) is 92.9 Å². The third-order valence-electron chi connectivity index (χ3n) is 8.43. The summed E-state index contributed by atoms with van der Waals surface area (Å²) < 4.78 is 13.4. The van der Waals surface area contributed by atoms with Crippen molar-refractivity contribution in [3.63, 3.8) is 0 Å². The fraction of sp³-hybridized carbons (Fsp3) is 0.528. The van der Waals surface area contributed by atoms with E-state index in [2.05, 4.69) is 94.6 Å². The molecule has 218 valence electrons. The zero-order valence-corrected chi connectivity index (χ0v) is 26.9. The van der Waals surface area contributed by atoms with Crippen LogP contribution in [0.25, 0.3) is 0 Å². The van der Waals surface area contributed by atoms with E-state index >= 15 is 0 Å². The Morgan fingerprint density at radius 1 is 0.875 bits per heavy atom. The Bertz CT molecular complexity index is 1040. The molecule has 1 saturated carbocycles. The molecule has 40 heavy (non-hydrogen) atoms. The van der Waals surface area contributed by atoms with Crippen molar-refractivity contribution < 1.29 is 14.0 Å². The van der Waals surface area contributed by atoms with E-state index in [4.69, 9.17) is 9.16 Å². The summed E-state index contributed by atoms with van der Waals surface area (Å²) in [5.74, 6) is 0.379. The van der Waals surface area contributed by atoms with Gasteiger partial charge in [-0.1, -0.05) is 106 Å². The maximum Gasteiger partial charge on any atom is 0.313 e. The van der Waals surface area contributed by atoms with Crippen LogP contribution in [0.5, 0.6) is 0 Å². The molecule has 0 aromatic heterocycles. The van der Waals surface area contributed by atoms with Gasteiger partial charge in [0, 0.05) is 6.10 Å². The van der Waals surface area contributed by atoms with Gasteiger partial charge in [-0.25, -0.2) is 0 Å². The van der Waals surface area contributed by atoms with Crippen molar-refractivity contribution in [1.29, 1.82) is 0 Å². The highest BCUT2D eigenvalue weighted by molar-refractivity contribution is 6.99. The Balaban J connectivity index is 1.87. The fourth-order valence-electron chi connectivity index (χ4n) is 6.53. The molecule has 0 N–H and O–H groups in total. The molecule has 0 unspecified atom stereocenters. The second-order valence-corrected chi connectivity index (χ2v) is 18.0. The lowest BCUT2D eigenvalue weighted by atomic mass is 9.73. The highest BCUT2D eigenvalue weighted by atomic mass is 28.4. The van der Waals surface area contributed by atoms with E-state index in [0.717, 1.165) is 32.1 Å². The van der Waals surface area contributed by atoms with E-state index < -0.39 is 19.3 Å². The number of hydrogen-bond donors (Lipinski definition) is 0. The number of allylic oxidation sites excluding steroid dienone is 2. The van der Waals surface area contributed by atoms with Crippen molar-refractivity contribution in [2.75, 3.05) is 0 Å². The lowest BCUT2D eigenvalue weighted by Crippen LogP contribution is -2.67. The van der Waals surface area contributed by atoms with E-state index in [1.165, 1.54) is 16.8 Å². The molecular weight excluding hydrogens is 508 g/mol. The lowest BCUT2D eigenvalue weighted by molar-refractivity contribution is -0.168. The van der Waals surface area contributed by atoms with Crippen LogP contribution >= 0.6 is 0 Å². The number of rotatable bonds is 12. The molecule has 2 aromatic rings. The van der Waals surface area contributed by atoms with E-state index in [9.17, 15) is 4.79 Å². The molecule has 1 aliphatic rings. The summed E-state index contributed by atoms with van der Waals surface area (Å²) in [6, 6.07) is 21.8. The van der Waals surface area contributed by atoms with Gasteiger partial charge >= 0.3 is 5.97 Å². The van der Waals surface area contributed by atoms with Crippen LogP contribution in [0, 0.1) is 11.3 Å². The third-order valence-corrected chi connectivity index (χ3v) is 13.5. The average Bonchev–Trinajstić information content (AvgIpc) is 2.90. The molecule has 1 fully saturated rings. The number of carbonyl (C=O) groups excluding carboxylic acids is 1. The molecule has 4 heteroatoms. The second-order valence-electron chi connectivity index (χ2n) is 13.7. The molecule has 2 aromatic carbocycles. The SMILES string of the molecule is C=CCC(CC=C)(CC[C@H]1CCC[C@@H](O[Si](c2ccccc2)(c2ccccc2)C(C)(C)C)C1)C(=O)OC(C)(C)C. The topological polar surface area (TPSA) is 35.5 Å². The Hall–Kier alpha value is -2.43. The number of benzene rings is 2. The molecule has 1 aliphatic carbocycles. The third kappa shape index (κ3) is 7.64. The first kappa shape index (κ1) is 32.1. The first-order valence-electron chi connectivity index (χ1n) is 15.1. The first-order valence-corrected chi connectivity index (χ1v) is 17.0. The first-order chi connectivity index (χ1) is 18.9. The zero-order chi connectivity index (χ0) is 29.4. The normalized spacial score (nSPS) is 18.6. The highest BCUT2D eigenvalue weighted by Gasteiger charge is 2.51. The van der Waals surface area contributed by atoms with Gasteiger partial charge in [0.1, 0.15) is 5.60 Å². The van der Waals surface area contributed by atoms with Gasteiger partial charge in [0.25, 0.3) is 8.32 Å². The standard InChI is InChI=1S/C36H52O3Si/c1-9-25-36(26-10-2,33(37)38-34(3,4)5)27-24-29-18-17-19-30(28-29)39-40(35(6,7)8,31-20-13-11-14-21-31)32-22-15-12-16-23-32/h9-16,20-23,29-30H,1-2,17-19,24-28H2,3-8H3/t29-,30-/m1/s1. The minimum Gasteiger partial charge on any atom is -0.460 e. The van der Waals surface area contributed by atoms with Gasteiger partial charge in [0.2, 0.25) is 0 Å². The quantitative estimate of drug-likeness (QED) is 0.149. The molecule has 0 radical (unpaired) electrons. The molecule has 0 saturated heterocycles. The maximum absolute atomic E-state index is 13.5. The van der Waals surface area contributed by atoms with E-state index in [-0.39, 0.29) is 17.1 Å². The molecule has 0 aliphatic heterocycles. The smallest absolute Gasteiger partial charge is 0.313 e. The Labute approximate surface area is 245 Å². The molecule has 3 rings (SSSR count). The maximum atomic E-state index is 13.5. The van der Waals surface area contributed by atoms with Gasteiger partial charge in [-0.3, -0.25) is 4.79 Å². The number of carbonyl (C=O) groups is 1.